The molecule has 1 aromatic rings. The first kappa shape index (κ1) is 11.8. The fraction of sp³-hybridized carbons (Fsp3) is 0.273. The Kier molecular flexibility index (Phi) is 4.90. The molecule has 80 valence electrons. The van der Waals surface area contributed by atoms with E-state index < -0.39 is 0 Å². The van der Waals surface area contributed by atoms with E-state index in [9.17, 15) is 9.59 Å². The van der Waals surface area contributed by atoms with Crippen molar-refractivity contribution in [3.63, 3.8) is 0 Å². The van der Waals surface area contributed by atoms with E-state index in [1.54, 1.807) is 12.1 Å². The topological polar surface area (TPSA) is 46.2 Å². The lowest BCUT2D eigenvalue weighted by Crippen LogP contribution is -2.22. The van der Waals surface area contributed by atoms with Crippen molar-refractivity contribution in [1.29, 1.82) is 0 Å². The Balaban J connectivity index is 2.28. The molecule has 0 unspecified atom stereocenters. The zero-order valence-electron chi connectivity index (χ0n) is 8.53. The number of carbonyl (C=O) groups excluding carboxylic acids is 2. The van der Waals surface area contributed by atoms with Crippen molar-refractivity contribution in [2.24, 2.45) is 0 Å². The van der Waals surface area contributed by atoms with Gasteiger partial charge in [0.05, 0.1) is 0 Å². The number of hydrogen-bond acceptors (Lipinski definition) is 3. The molecule has 0 heterocycles. The summed E-state index contributed by atoms with van der Waals surface area (Å²) in [4.78, 5) is 22.1. The minimum atomic E-state index is -0.0669. The summed E-state index contributed by atoms with van der Waals surface area (Å²) < 4.78 is 0. The van der Waals surface area contributed by atoms with Crippen LogP contribution in [-0.2, 0) is 4.79 Å². The highest BCUT2D eigenvalue weighted by Crippen LogP contribution is 2.10. The van der Waals surface area contributed by atoms with Gasteiger partial charge in [-0.05, 0) is 0 Å². The van der Waals surface area contributed by atoms with Gasteiger partial charge in [0.15, 0.2) is 0 Å². The zero-order chi connectivity index (χ0) is 11.1. The van der Waals surface area contributed by atoms with Gasteiger partial charge < -0.3 is 5.32 Å². The first-order chi connectivity index (χ1) is 7.20. The summed E-state index contributed by atoms with van der Waals surface area (Å²) in [6.07, 6.45) is 0. The molecule has 1 N–H and O–H groups in total. The molecule has 0 fully saturated rings. The Labute approximate surface area is 93.3 Å². The van der Waals surface area contributed by atoms with Crippen molar-refractivity contribution in [3.05, 3.63) is 35.9 Å². The highest BCUT2D eigenvalue weighted by molar-refractivity contribution is 8.14. The lowest BCUT2D eigenvalue weighted by Gasteiger charge is -2.01. The number of rotatable bonds is 4. The molecule has 0 saturated heterocycles. The minimum absolute atomic E-state index is 0.0425. The summed E-state index contributed by atoms with van der Waals surface area (Å²) in [5.74, 6) is 0.538. The van der Waals surface area contributed by atoms with E-state index >= 15 is 0 Å². The van der Waals surface area contributed by atoms with Crippen LogP contribution in [0.2, 0.25) is 0 Å². The fourth-order valence-corrected chi connectivity index (χ4v) is 1.72. The summed E-state index contributed by atoms with van der Waals surface area (Å²) in [5, 5.41) is 2.68. The van der Waals surface area contributed by atoms with Crippen molar-refractivity contribution in [2.45, 2.75) is 6.92 Å². The molecule has 0 radical (unpaired) electrons. The Hall–Kier alpha value is -1.29. The number of hydrogen-bond donors (Lipinski definition) is 1. The maximum atomic E-state index is 11.5. The second-order valence-electron chi connectivity index (χ2n) is 2.98. The van der Waals surface area contributed by atoms with Gasteiger partial charge in [-0.3, -0.25) is 9.59 Å². The Morgan fingerprint density at radius 3 is 2.53 bits per heavy atom. The maximum Gasteiger partial charge on any atom is 0.219 e. The normalized spacial score (nSPS) is 9.67. The van der Waals surface area contributed by atoms with Gasteiger partial charge >= 0.3 is 0 Å². The van der Waals surface area contributed by atoms with Crippen LogP contribution < -0.4 is 5.32 Å². The van der Waals surface area contributed by atoms with E-state index in [0.717, 1.165) is 0 Å². The highest BCUT2D eigenvalue weighted by Gasteiger charge is 2.04. The predicted octanol–water partition coefficient (Wildman–Crippen LogP) is 1.70. The van der Waals surface area contributed by atoms with Crippen molar-refractivity contribution in [3.8, 4) is 0 Å². The number of thioether (sulfide) groups is 1. The van der Waals surface area contributed by atoms with Crippen molar-refractivity contribution in [2.75, 3.05) is 12.3 Å². The molecule has 1 amide bonds. The molecule has 0 bridgehead atoms. The summed E-state index contributed by atoms with van der Waals surface area (Å²) >= 11 is 1.22. The first-order valence-electron chi connectivity index (χ1n) is 4.67. The number of carbonyl (C=O) groups is 2. The predicted molar refractivity (Wildman–Crippen MR) is 61.9 cm³/mol. The summed E-state index contributed by atoms with van der Waals surface area (Å²) in [6, 6.07) is 9.11. The second-order valence-corrected chi connectivity index (χ2v) is 4.05. The molecular weight excluding hydrogens is 211 g/mol. The average molecular weight is 224 g/mol. The standard InChI is InChI=1S/C11H13NO2S/c1-9(13)12-7-8-15-11(14)10-5-3-2-4-6-10/h2-6H,7-8H2,1H3,(H,12,13)/i10+1. The molecule has 3 nitrogen and oxygen atoms in total. The van der Waals surface area contributed by atoms with E-state index in [-0.39, 0.29) is 11.0 Å². The molecule has 0 aliphatic rings. The van der Waals surface area contributed by atoms with Crippen molar-refractivity contribution in [1.82, 2.24) is 5.32 Å². The van der Waals surface area contributed by atoms with Gasteiger partial charge in [0, 0.05) is 24.8 Å². The fourth-order valence-electron chi connectivity index (χ4n) is 1.03. The summed E-state index contributed by atoms with van der Waals surface area (Å²) in [6.45, 7) is 1.99. The Morgan fingerprint density at radius 1 is 1.27 bits per heavy atom. The van der Waals surface area contributed by atoms with E-state index in [1.165, 1.54) is 18.7 Å². The lowest BCUT2D eigenvalue weighted by molar-refractivity contribution is -0.118. The molecule has 0 aliphatic heterocycles. The van der Waals surface area contributed by atoms with Crippen LogP contribution in [0, 0.1) is 0 Å². The van der Waals surface area contributed by atoms with Crippen LogP contribution in [0.5, 0.6) is 0 Å². The largest absolute Gasteiger partial charge is 0.356 e. The number of nitrogens with one attached hydrogen (secondary N) is 1. The molecule has 0 aromatic heterocycles. The van der Waals surface area contributed by atoms with Crippen LogP contribution in [-0.4, -0.2) is 23.3 Å². The molecule has 0 atom stereocenters. The molecule has 0 spiro atoms. The molecule has 0 aliphatic carbocycles. The van der Waals surface area contributed by atoms with E-state index in [0.29, 0.717) is 17.9 Å². The van der Waals surface area contributed by atoms with Crippen LogP contribution >= 0.6 is 11.8 Å². The molecule has 4 heteroatoms. The molecule has 1 rings (SSSR count). The third kappa shape index (κ3) is 4.65. The van der Waals surface area contributed by atoms with Gasteiger partial charge in [0.25, 0.3) is 0 Å². The van der Waals surface area contributed by atoms with Crippen molar-refractivity contribution >= 4 is 22.8 Å². The SMILES string of the molecule is CC(=O)NCCSC(=O)[13c]1ccccc1. The summed E-state index contributed by atoms with van der Waals surface area (Å²) in [7, 11) is 0. The van der Waals surface area contributed by atoms with Gasteiger partial charge in [0.2, 0.25) is 11.0 Å². The zero-order valence-corrected chi connectivity index (χ0v) is 9.34. The van der Waals surface area contributed by atoms with Crippen LogP contribution in [0.3, 0.4) is 0 Å². The van der Waals surface area contributed by atoms with Gasteiger partial charge in [-0.15, -0.1) is 0 Å². The quantitative estimate of drug-likeness (QED) is 0.792. The van der Waals surface area contributed by atoms with Crippen LogP contribution in [0.4, 0.5) is 0 Å². The van der Waals surface area contributed by atoms with Crippen LogP contribution in [0.15, 0.2) is 30.3 Å². The monoisotopic (exact) mass is 224 g/mol. The van der Waals surface area contributed by atoms with Crippen LogP contribution in [0.25, 0.3) is 0 Å². The average Bonchev–Trinajstić information content (AvgIpc) is 2.25. The molecular formula is C11H13NO2S. The Bertz CT molecular complexity index is 338. The van der Waals surface area contributed by atoms with Gasteiger partial charge in [-0.1, -0.05) is 42.1 Å². The Morgan fingerprint density at radius 2 is 1.93 bits per heavy atom. The second kappa shape index (κ2) is 6.24. The highest BCUT2D eigenvalue weighted by atomic mass is 32.2. The van der Waals surface area contributed by atoms with E-state index in [2.05, 4.69) is 5.32 Å². The van der Waals surface area contributed by atoms with Gasteiger partial charge in [-0.25, -0.2) is 0 Å². The van der Waals surface area contributed by atoms with Crippen molar-refractivity contribution < 1.29 is 9.59 Å². The number of amides is 1. The van der Waals surface area contributed by atoms with E-state index in [1.807, 2.05) is 18.2 Å². The van der Waals surface area contributed by atoms with Gasteiger partial charge in [0.1, 0.15) is 0 Å². The molecule has 0 saturated carbocycles. The minimum Gasteiger partial charge on any atom is -0.356 e. The third-order valence-electron chi connectivity index (χ3n) is 1.72. The van der Waals surface area contributed by atoms with Gasteiger partial charge in [-0.2, -0.15) is 0 Å². The smallest absolute Gasteiger partial charge is 0.219 e. The summed E-state index contributed by atoms with van der Waals surface area (Å²) in [5.41, 5.74) is 0.699. The first-order valence-corrected chi connectivity index (χ1v) is 5.65. The molecule has 15 heavy (non-hydrogen) atoms. The van der Waals surface area contributed by atoms with E-state index in [4.69, 9.17) is 0 Å². The maximum absolute atomic E-state index is 11.5. The third-order valence-corrected chi connectivity index (χ3v) is 2.62. The lowest BCUT2D eigenvalue weighted by atomic mass is 10.4. The molecule has 1 aromatic carbocycles. The number of benzene rings is 1. The van der Waals surface area contributed by atoms with Crippen LogP contribution in [0.1, 0.15) is 17.3 Å².